The second-order valence-corrected chi connectivity index (χ2v) is 8.95. The van der Waals surface area contributed by atoms with Crippen molar-refractivity contribution in [3.8, 4) is 0 Å². The van der Waals surface area contributed by atoms with Crippen molar-refractivity contribution in [1.29, 1.82) is 0 Å². The summed E-state index contributed by atoms with van der Waals surface area (Å²) in [6.07, 6.45) is 8.13. The van der Waals surface area contributed by atoms with E-state index in [1.165, 1.54) is 5.56 Å². The third-order valence-corrected chi connectivity index (χ3v) is 6.36. The smallest absolute Gasteiger partial charge is 0.254 e. The Morgan fingerprint density at radius 1 is 1.03 bits per heavy atom. The van der Waals surface area contributed by atoms with Crippen LogP contribution in [-0.4, -0.2) is 60.0 Å². The number of likely N-dealkylation sites (tertiary alicyclic amines) is 1. The Balaban J connectivity index is 1.35. The normalized spacial score (nSPS) is 27.6. The van der Waals surface area contributed by atoms with Crippen LogP contribution in [0.2, 0.25) is 0 Å². The summed E-state index contributed by atoms with van der Waals surface area (Å²) in [6.45, 7) is 7.02. The van der Waals surface area contributed by atoms with Crippen LogP contribution in [-0.2, 0) is 16.0 Å². The molecule has 3 atom stereocenters. The molecule has 2 heterocycles. The molecular formula is C24H32N2O3. The van der Waals surface area contributed by atoms with Crippen LogP contribution in [0.5, 0.6) is 0 Å². The second kappa shape index (κ2) is 8.70. The van der Waals surface area contributed by atoms with E-state index in [2.05, 4.69) is 18.2 Å². The molecule has 2 fully saturated rings. The highest BCUT2D eigenvalue weighted by atomic mass is 16.5. The number of carbonyl (C=O) groups is 2. The zero-order chi connectivity index (χ0) is 20.4. The molecule has 0 N–H and O–H groups in total. The van der Waals surface area contributed by atoms with Gasteiger partial charge < -0.3 is 14.5 Å². The first-order valence-corrected chi connectivity index (χ1v) is 11.0. The molecule has 0 radical (unpaired) electrons. The lowest BCUT2D eigenvalue weighted by atomic mass is 9.97. The van der Waals surface area contributed by atoms with Gasteiger partial charge in [0, 0.05) is 37.7 Å². The zero-order valence-corrected chi connectivity index (χ0v) is 17.5. The van der Waals surface area contributed by atoms with Crippen molar-refractivity contribution in [2.45, 2.75) is 51.7 Å². The maximum Gasteiger partial charge on any atom is 0.254 e. The largest absolute Gasteiger partial charge is 0.372 e. The maximum atomic E-state index is 13.0. The van der Waals surface area contributed by atoms with E-state index in [9.17, 15) is 9.59 Å². The summed E-state index contributed by atoms with van der Waals surface area (Å²) >= 11 is 0. The first kappa shape index (κ1) is 20.1. The van der Waals surface area contributed by atoms with E-state index in [0.717, 1.165) is 44.3 Å². The van der Waals surface area contributed by atoms with Crippen LogP contribution in [0.3, 0.4) is 0 Å². The molecule has 5 nitrogen and oxygen atoms in total. The molecule has 2 saturated heterocycles. The van der Waals surface area contributed by atoms with Crippen LogP contribution in [0, 0.1) is 11.8 Å². The molecule has 1 aromatic carbocycles. The van der Waals surface area contributed by atoms with E-state index >= 15 is 0 Å². The number of morpholine rings is 1. The predicted molar refractivity (Wildman–Crippen MR) is 113 cm³/mol. The SMILES string of the molecule is C[C@@H]1CN(C(=O)c2cccc(CC3CCN(C(=O)C4CC=CC4)C3)c2)C[C@H](C)O1. The quantitative estimate of drug-likeness (QED) is 0.734. The Bertz CT molecular complexity index is 772. The highest BCUT2D eigenvalue weighted by Gasteiger charge is 2.31. The van der Waals surface area contributed by atoms with E-state index < -0.39 is 0 Å². The number of ether oxygens (including phenoxy) is 1. The zero-order valence-electron chi connectivity index (χ0n) is 17.5. The van der Waals surface area contributed by atoms with Gasteiger partial charge >= 0.3 is 0 Å². The Kier molecular flexibility index (Phi) is 6.04. The van der Waals surface area contributed by atoms with Crippen molar-refractivity contribution < 1.29 is 14.3 Å². The van der Waals surface area contributed by atoms with Crippen LogP contribution in [0.4, 0.5) is 0 Å². The van der Waals surface area contributed by atoms with Gasteiger partial charge in [-0.25, -0.2) is 0 Å². The molecule has 0 saturated carbocycles. The minimum absolute atomic E-state index is 0.0722. The maximum absolute atomic E-state index is 13.0. The van der Waals surface area contributed by atoms with Crippen molar-refractivity contribution in [1.82, 2.24) is 9.80 Å². The molecular weight excluding hydrogens is 364 g/mol. The van der Waals surface area contributed by atoms with Gasteiger partial charge in [-0.2, -0.15) is 0 Å². The summed E-state index contributed by atoms with van der Waals surface area (Å²) in [7, 11) is 0. The molecule has 156 valence electrons. The van der Waals surface area contributed by atoms with Gasteiger partial charge in [-0.1, -0.05) is 24.3 Å². The molecule has 4 rings (SSSR count). The average molecular weight is 397 g/mol. The predicted octanol–water partition coefficient (Wildman–Crippen LogP) is 3.29. The van der Waals surface area contributed by atoms with Crippen LogP contribution < -0.4 is 0 Å². The summed E-state index contributed by atoms with van der Waals surface area (Å²) in [6, 6.07) is 8.04. The standard InChI is InChI=1S/C24H32N2O3/c1-17-14-26(15-18(2)29-17)24(28)22-9-5-6-19(13-22)12-20-10-11-25(16-20)23(27)21-7-3-4-8-21/h3-6,9,13,17-18,20-21H,7-8,10-12,14-16H2,1-2H3/t17-,18+,20?. The Labute approximate surface area is 173 Å². The molecule has 1 aromatic rings. The number of amides is 2. The molecule has 0 spiro atoms. The number of hydrogen-bond acceptors (Lipinski definition) is 3. The minimum atomic E-state index is 0.0722. The molecule has 1 unspecified atom stereocenters. The summed E-state index contributed by atoms with van der Waals surface area (Å²) in [5.41, 5.74) is 1.94. The number of rotatable bonds is 4. The fraction of sp³-hybridized carbons (Fsp3) is 0.583. The average Bonchev–Trinajstić information content (AvgIpc) is 3.38. The second-order valence-electron chi connectivity index (χ2n) is 8.95. The summed E-state index contributed by atoms with van der Waals surface area (Å²) < 4.78 is 5.75. The van der Waals surface area contributed by atoms with Gasteiger partial charge in [-0.15, -0.1) is 0 Å². The van der Waals surface area contributed by atoms with E-state index in [-0.39, 0.29) is 24.0 Å². The van der Waals surface area contributed by atoms with E-state index in [4.69, 9.17) is 4.74 Å². The van der Waals surface area contributed by atoms with E-state index in [0.29, 0.717) is 24.9 Å². The topological polar surface area (TPSA) is 49.9 Å². The molecule has 3 aliphatic rings. The third-order valence-electron chi connectivity index (χ3n) is 6.36. The lowest BCUT2D eigenvalue weighted by Gasteiger charge is -2.35. The van der Waals surface area contributed by atoms with Gasteiger partial charge in [-0.3, -0.25) is 9.59 Å². The summed E-state index contributed by atoms with van der Waals surface area (Å²) in [4.78, 5) is 29.6. The van der Waals surface area contributed by atoms with Gasteiger partial charge in [-0.05, 0) is 63.1 Å². The summed E-state index contributed by atoms with van der Waals surface area (Å²) in [5.74, 6) is 1.04. The van der Waals surface area contributed by atoms with Gasteiger partial charge in [0.05, 0.1) is 12.2 Å². The molecule has 0 bridgehead atoms. The molecule has 29 heavy (non-hydrogen) atoms. The molecule has 2 aliphatic heterocycles. The number of benzene rings is 1. The number of allylic oxidation sites excluding steroid dienone is 2. The lowest BCUT2D eigenvalue weighted by molar-refractivity contribution is -0.134. The summed E-state index contributed by atoms with van der Waals surface area (Å²) in [5, 5.41) is 0. The Morgan fingerprint density at radius 3 is 2.48 bits per heavy atom. The molecule has 0 aromatic heterocycles. The van der Waals surface area contributed by atoms with Crippen molar-refractivity contribution >= 4 is 11.8 Å². The van der Waals surface area contributed by atoms with Crippen LogP contribution in [0.15, 0.2) is 36.4 Å². The van der Waals surface area contributed by atoms with Crippen molar-refractivity contribution in [2.24, 2.45) is 11.8 Å². The van der Waals surface area contributed by atoms with Crippen molar-refractivity contribution in [3.63, 3.8) is 0 Å². The van der Waals surface area contributed by atoms with Gasteiger partial charge in [0.2, 0.25) is 5.91 Å². The first-order chi connectivity index (χ1) is 14.0. The van der Waals surface area contributed by atoms with Gasteiger partial charge in [0.15, 0.2) is 0 Å². The van der Waals surface area contributed by atoms with Gasteiger partial charge in [0.1, 0.15) is 0 Å². The van der Waals surface area contributed by atoms with Crippen molar-refractivity contribution in [2.75, 3.05) is 26.2 Å². The number of nitrogens with zero attached hydrogens (tertiary/aromatic N) is 2. The minimum Gasteiger partial charge on any atom is -0.372 e. The highest BCUT2D eigenvalue weighted by Crippen LogP contribution is 2.27. The Hall–Kier alpha value is -2.14. The third kappa shape index (κ3) is 4.72. The fourth-order valence-electron chi connectivity index (χ4n) is 4.97. The number of hydrogen-bond donors (Lipinski definition) is 0. The lowest BCUT2D eigenvalue weighted by Crippen LogP contribution is -2.48. The Morgan fingerprint density at radius 2 is 1.76 bits per heavy atom. The van der Waals surface area contributed by atoms with Gasteiger partial charge in [0.25, 0.3) is 5.91 Å². The molecule has 5 heteroatoms. The fourth-order valence-corrected chi connectivity index (χ4v) is 4.97. The highest BCUT2D eigenvalue weighted by molar-refractivity contribution is 5.94. The number of carbonyl (C=O) groups excluding carboxylic acids is 2. The van der Waals surface area contributed by atoms with Crippen LogP contribution >= 0.6 is 0 Å². The monoisotopic (exact) mass is 396 g/mol. The van der Waals surface area contributed by atoms with E-state index in [1.54, 1.807) is 0 Å². The van der Waals surface area contributed by atoms with E-state index in [1.807, 2.05) is 41.8 Å². The van der Waals surface area contributed by atoms with Crippen LogP contribution in [0.1, 0.15) is 49.0 Å². The molecule has 1 aliphatic carbocycles. The first-order valence-electron chi connectivity index (χ1n) is 11.0. The van der Waals surface area contributed by atoms with Crippen molar-refractivity contribution in [3.05, 3.63) is 47.5 Å². The molecule has 2 amide bonds. The van der Waals surface area contributed by atoms with Crippen LogP contribution in [0.25, 0.3) is 0 Å².